The van der Waals surface area contributed by atoms with E-state index in [2.05, 4.69) is 27.2 Å². The zero-order chi connectivity index (χ0) is 20.5. The van der Waals surface area contributed by atoms with E-state index >= 15 is 0 Å². The molecule has 0 amide bonds. The van der Waals surface area contributed by atoms with Gasteiger partial charge < -0.3 is 5.32 Å². The van der Waals surface area contributed by atoms with E-state index in [4.69, 9.17) is 11.6 Å². The number of hydrogen-bond donors (Lipinski definition) is 1. The zero-order valence-corrected chi connectivity index (χ0v) is 17.8. The maximum atomic E-state index is 12.5. The molecule has 2 aliphatic rings. The minimum atomic E-state index is -0.289. The number of aromatic nitrogens is 2. The van der Waals surface area contributed by atoms with Crippen molar-refractivity contribution >= 4 is 17.4 Å². The maximum absolute atomic E-state index is 12.5. The molecule has 0 spiro atoms. The van der Waals surface area contributed by atoms with E-state index in [0.29, 0.717) is 30.5 Å². The number of nitrogens with zero attached hydrogens (tertiary/aromatic N) is 4. The van der Waals surface area contributed by atoms with E-state index in [1.54, 1.807) is 14.1 Å². The summed E-state index contributed by atoms with van der Waals surface area (Å²) in [7, 11) is 3.25. The molecule has 1 N–H and O–H groups in total. The summed E-state index contributed by atoms with van der Waals surface area (Å²) in [5.74, 6) is 1.28. The first-order valence-corrected chi connectivity index (χ1v) is 10.5. The summed E-state index contributed by atoms with van der Waals surface area (Å²) in [6.45, 7) is 5.36. The lowest BCUT2D eigenvalue weighted by Gasteiger charge is -2.37. The quantitative estimate of drug-likeness (QED) is 0.822. The summed E-state index contributed by atoms with van der Waals surface area (Å²) in [6.07, 6.45) is 2.31. The van der Waals surface area contributed by atoms with Gasteiger partial charge in [0.2, 0.25) is 0 Å². The number of hydrogen-bond acceptors (Lipinski definition) is 5. The first-order chi connectivity index (χ1) is 13.9. The van der Waals surface area contributed by atoms with Crippen LogP contribution in [0.5, 0.6) is 0 Å². The van der Waals surface area contributed by atoms with Crippen LogP contribution in [0.25, 0.3) is 0 Å². The predicted octanol–water partition coefficient (Wildman–Crippen LogP) is 1.83. The topological polar surface area (TPSA) is 62.5 Å². The highest BCUT2D eigenvalue weighted by Crippen LogP contribution is 2.23. The fourth-order valence-electron chi connectivity index (χ4n) is 4.42. The number of anilines is 1. The van der Waals surface area contributed by atoms with Crippen molar-refractivity contribution < 1.29 is 0 Å². The summed E-state index contributed by atoms with van der Waals surface area (Å²) < 4.78 is 2.72. The lowest BCUT2D eigenvalue weighted by molar-refractivity contribution is 0.136. The molecule has 0 atom stereocenters. The van der Waals surface area contributed by atoms with Gasteiger partial charge in [-0.1, -0.05) is 23.7 Å². The van der Waals surface area contributed by atoms with Crippen molar-refractivity contribution in [2.75, 3.05) is 31.6 Å². The van der Waals surface area contributed by atoms with Crippen LogP contribution in [0.2, 0.25) is 5.02 Å². The van der Waals surface area contributed by atoms with Gasteiger partial charge in [-0.25, -0.2) is 4.79 Å². The Morgan fingerprint density at radius 2 is 1.72 bits per heavy atom. The maximum Gasteiger partial charge on any atom is 0.332 e. The highest BCUT2D eigenvalue weighted by atomic mass is 35.5. The van der Waals surface area contributed by atoms with Crippen molar-refractivity contribution in [3.8, 4) is 0 Å². The Labute approximate surface area is 175 Å². The number of benzene rings is 1. The summed E-state index contributed by atoms with van der Waals surface area (Å²) in [6, 6.07) is 8.09. The molecule has 2 aliphatic heterocycles. The van der Waals surface area contributed by atoms with Crippen LogP contribution in [0.3, 0.4) is 0 Å². The van der Waals surface area contributed by atoms with E-state index in [1.807, 2.05) is 12.1 Å². The van der Waals surface area contributed by atoms with Gasteiger partial charge >= 0.3 is 5.69 Å². The van der Waals surface area contributed by atoms with Gasteiger partial charge in [0.25, 0.3) is 5.56 Å². The fraction of sp³-hybridized carbons (Fsp3) is 0.524. The van der Waals surface area contributed by atoms with Crippen LogP contribution in [-0.2, 0) is 27.2 Å². The zero-order valence-electron chi connectivity index (χ0n) is 17.0. The molecule has 0 saturated carbocycles. The largest absolute Gasteiger partial charge is 0.358 e. The van der Waals surface area contributed by atoms with Gasteiger partial charge in [-0.05, 0) is 49.5 Å². The number of likely N-dealkylation sites (tertiary alicyclic amines) is 1. The van der Waals surface area contributed by atoms with Gasteiger partial charge in [-0.15, -0.1) is 0 Å². The second-order valence-electron chi connectivity index (χ2n) is 8.23. The second kappa shape index (κ2) is 8.34. The van der Waals surface area contributed by atoms with Gasteiger partial charge in [0.1, 0.15) is 5.82 Å². The number of halogens is 1. The Hall–Kier alpha value is -2.09. The summed E-state index contributed by atoms with van der Waals surface area (Å²) in [4.78, 5) is 29.4. The van der Waals surface area contributed by atoms with Crippen LogP contribution in [0, 0.1) is 5.92 Å². The fourth-order valence-corrected chi connectivity index (χ4v) is 4.54. The molecule has 0 aliphatic carbocycles. The molecule has 3 heterocycles. The minimum Gasteiger partial charge on any atom is -0.358 e. The molecule has 1 fully saturated rings. The molecule has 156 valence electrons. The van der Waals surface area contributed by atoms with Gasteiger partial charge in [0, 0.05) is 38.8 Å². The third-order valence-corrected chi connectivity index (χ3v) is 6.40. The number of rotatable bonds is 4. The van der Waals surface area contributed by atoms with Crippen molar-refractivity contribution in [3.05, 3.63) is 61.3 Å². The van der Waals surface area contributed by atoms with Crippen molar-refractivity contribution in [1.29, 1.82) is 0 Å². The minimum absolute atomic E-state index is 0.196. The third-order valence-electron chi connectivity index (χ3n) is 6.15. The van der Waals surface area contributed by atoms with Crippen molar-refractivity contribution in [1.82, 2.24) is 18.9 Å². The lowest BCUT2D eigenvalue weighted by Crippen LogP contribution is -2.47. The molecule has 0 bridgehead atoms. The Kier molecular flexibility index (Phi) is 5.81. The second-order valence-corrected chi connectivity index (χ2v) is 8.66. The SMILES string of the molecule is Cn1c2c(c(=O)n(C)c1=O)CN(CC1CCN(Cc3ccc(Cl)cc3)CC1)CN2. The Morgan fingerprint density at radius 3 is 2.41 bits per heavy atom. The van der Waals surface area contributed by atoms with Crippen LogP contribution in [0.1, 0.15) is 24.0 Å². The van der Waals surface area contributed by atoms with Crippen molar-refractivity contribution in [2.24, 2.45) is 20.0 Å². The molecule has 4 rings (SSSR count). The Balaban J connectivity index is 1.33. The van der Waals surface area contributed by atoms with E-state index in [0.717, 1.165) is 44.0 Å². The molecule has 2 aromatic rings. The van der Waals surface area contributed by atoms with Crippen LogP contribution >= 0.6 is 11.6 Å². The molecule has 0 radical (unpaired) electrons. The monoisotopic (exact) mass is 417 g/mol. The predicted molar refractivity (Wildman–Crippen MR) is 115 cm³/mol. The molecule has 7 nitrogen and oxygen atoms in total. The number of nitrogens with one attached hydrogen (secondary N) is 1. The summed E-state index contributed by atoms with van der Waals surface area (Å²) in [5, 5.41) is 4.06. The van der Waals surface area contributed by atoms with E-state index in [1.165, 1.54) is 14.7 Å². The van der Waals surface area contributed by atoms with Crippen molar-refractivity contribution in [3.63, 3.8) is 0 Å². The molecule has 29 heavy (non-hydrogen) atoms. The van der Waals surface area contributed by atoms with Gasteiger partial charge in [0.15, 0.2) is 0 Å². The van der Waals surface area contributed by atoms with Crippen LogP contribution in [0.4, 0.5) is 5.82 Å². The van der Waals surface area contributed by atoms with E-state index in [9.17, 15) is 9.59 Å². The first kappa shape index (κ1) is 20.2. The lowest BCUT2D eigenvalue weighted by atomic mass is 9.95. The smallest absolute Gasteiger partial charge is 0.332 e. The Bertz CT molecular complexity index is 990. The molecule has 8 heteroatoms. The average molecular weight is 418 g/mol. The molecule has 0 unspecified atom stereocenters. The standard InChI is InChI=1S/C21H28ClN5O2/c1-24-19-18(20(28)25(2)21(24)29)13-27(14-23-19)12-16-7-9-26(10-8-16)11-15-3-5-17(22)6-4-15/h3-6,16,23H,7-14H2,1-2H3. The van der Waals surface area contributed by atoms with E-state index < -0.39 is 0 Å². The van der Waals surface area contributed by atoms with Crippen LogP contribution in [0.15, 0.2) is 33.9 Å². The van der Waals surface area contributed by atoms with Crippen LogP contribution in [-0.4, -0.2) is 45.2 Å². The molecule has 1 aromatic heterocycles. The third kappa shape index (κ3) is 4.27. The Morgan fingerprint density at radius 1 is 1.03 bits per heavy atom. The van der Waals surface area contributed by atoms with E-state index in [-0.39, 0.29) is 11.2 Å². The number of piperidine rings is 1. The van der Waals surface area contributed by atoms with Crippen molar-refractivity contribution in [2.45, 2.75) is 25.9 Å². The molecule has 1 aromatic carbocycles. The first-order valence-electron chi connectivity index (χ1n) is 10.1. The number of fused-ring (bicyclic) bond motifs is 1. The molecular formula is C21H28ClN5O2. The van der Waals surface area contributed by atoms with Crippen LogP contribution < -0.4 is 16.6 Å². The summed E-state index contributed by atoms with van der Waals surface area (Å²) in [5.41, 5.74) is 1.49. The molecular weight excluding hydrogens is 390 g/mol. The highest BCUT2D eigenvalue weighted by molar-refractivity contribution is 6.30. The average Bonchev–Trinajstić information content (AvgIpc) is 2.73. The highest BCUT2D eigenvalue weighted by Gasteiger charge is 2.26. The van der Waals surface area contributed by atoms with Gasteiger partial charge in [-0.3, -0.25) is 23.7 Å². The molecule has 1 saturated heterocycles. The van der Waals surface area contributed by atoms with Gasteiger partial charge in [-0.2, -0.15) is 0 Å². The van der Waals surface area contributed by atoms with Gasteiger partial charge in [0.05, 0.1) is 12.2 Å². The summed E-state index contributed by atoms with van der Waals surface area (Å²) >= 11 is 5.97. The normalized spacial score (nSPS) is 18.4.